The number of benzene rings is 1. The van der Waals surface area contributed by atoms with Crippen LogP contribution in [0.3, 0.4) is 0 Å². The van der Waals surface area contributed by atoms with Crippen molar-refractivity contribution in [3.63, 3.8) is 0 Å². The zero-order valence-electron chi connectivity index (χ0n) is 13.5. The van der Waals surface area contributed by atoms with E-state index in [4.69, 9.17) is 4.42 Å². The molecular formula is C16H20N6O. The zero-order chi connectivity index (χ0) is 16.2. The second kappa shape index (κ2) is 6.62. The molecule has 0 unspecified atom stereocenters. The van der Waals surface area contributed by atoms with Crippen LogP contribution in [-0.4, -0.2) is 45.7 Å². The molecule has 1 aromatic carbocycles. The molecular weight excluding hydrogens is 292 g/mol. The summed E-state index contributed by atoms with van der Waals surface area (Å²) < 4.78 is 7.20. The SMILES string of the molecule is Cc1ccc(-n2nnnc2NC[C@H](c2ccco2)N(C)C)cc1. The van der Waals surface area contributed by atoms with Gasteiger partial charge in [0.2, 0.25) is 5.95 Å². The van der Waals surface area contributed by atoms with Crippen molar-refractivity contribution >= 4 is 5.95 Å². The van der Waals surface area contributed by atoms with Crippen LogP contribution < -0.4 is 5.32 Å². The highest BCUT2D eigenvalue weighted by Crippen LogP contribution is 2.20. The Hall–Kier alpha value is -2.67. The van der Waals surface area contributed by atoms with E-state index in [1.807, 2.05) is 57.4 Å². The van der Waals surface area contributed by atoms with Crippen molar-refractivity contribution in [2.45, 2.75) is 13.0 Å². The minimum absolute atomic E-state index is 0.0909. The quantitative estimate of drug-likeness (QED) is 0.753. The van der Waals surface area contributed by atoms with E-state index in [0.717, 1.165) is 11.4 Å². The molecule has 7 heteroatoms. The van der Waals surface area contributed by atoms with Crippen molar-refractivity contribution in [1.82, 2.24) is 25.1 Å². The van der Waals surface area contributed by atoms with Gasteiger partial charge in [-0.05, 0) is 55.7 Å². The second-order valence-corrected chi connectivity index (χ2v) is 5.63. The van der Waals surface area contributed by atoms with E-state index in [0.29, 0.717) is 12.5 Å². The van der Waals surface area contributed by atoms with E-state index in [1.165, 1.54) is 5.56 Å². The fourth-order valence-corrected chi connectivity index (χ4v) is 2.36. The fraction of sp³-hybridized carbons (Fsp3) is 0.312. The molecule has 2 heterocycles. The highest BCUT2D eigenvalue weighted by molar-refractivity contribution is 5.40. The van der Waals surface area contributed by atoms with Gasteiger partial charge in [-0.15, -0.1) is 0 Å². The van der Waals surface area contributed by atoms with Crippen molar-refractivity contribution < 1.29 is 4.42 Å². The first-order chi connectivity index (χ1) is 11.1. The number of aromatic nitrogens is 4. The third kappa shape index (κ3) is 3.40. The molecule has 0 radical (unpaired) electrons. The summed E-state index contributed by atoms with van der Waals surface area (Å²) in [7, 11) is 4.02. The highest BCUT2D eigenvalue weighted by Gasteiger charge is 2.18. The first kappa shape index (κ1) is 15.2. The van der Waals surface area contributed by atoms with Crippen molar-refractivity contribution in [3.05, 3.63) is 54.0 Å². The van der Waals surface area contributed by atoms with E-state index in [-0.39, 0.29) is 6.04 Å². The van der Waals surface area contributed by atoms with Gasteiger partial charge < -0.3 is 9.73 Å². The van der Waals surface area contributed by atoms with E-state index in [2.05, 4.69) is 25.7 Å². The zero-order valence-corrected chi connectivity index (χ0v) is 13.5. The molecule has 7 nitrogen and oxygen atoms in total. The van der Waals surface area contributed by atoms with Gasteiger partial charge in [0.1, 0.15) is 5.76 Å². The molecule has 0 saturated heterocycles. The van der Waals surface area contributed by atoms with Gasteiger partial charge >= 0.3 is 0 Å². The molecule has 0 aliphatic carbocycles. The van der Waals surface area contributed by atoms with Crippen LogP contribution >= 0.6 is 0 Å². The lowest BCUT2D eigenvalue weighted by atomic mass is 10.2. The van der Waals surface area contributed by atoms with Gasteiger partial charge in [0.15, 0.2) is 0 Å². The number of rotatable bonds is 6. The summed E-state index contributed by atoms with van der Waals surface area (Å²) in [6, 6.07) is 12.0. The van der Waals surface area contributed by atoms with Crippen LogP contribution in [0.15, 0.2) is 47.1 Å². The largest absolute Gasteiger partial charge is 0.468 e. The van der Waals surface area contributed by atoms with Crippen molar-refractivity contribution in [3.8, 4) is 5.69 Å². The first-order valence-electron chi connectivity index (χ1n) is 7.44. The average molecular weight is 312 g/mol. The van der Waals surface area contributed by atoms with Crippen LogP contribution in [0.5, 0.6) is 0 Å². The van der Waals surface area contributed by atoms with Gasteiger partial charge in [-0.2, -0.15) is 4.68 Å². The van der Waals surface area contributed by atoms with E-state index in [1.54, 1.807) is 10.9 Å². The molecule has 2 aromatic heterocycles. The molecule has 3 rings (SSSR count). The molecule has 0 fully saturated rings. The summed E-state index contributed by atoms with van der Waals surface area (Å²) in [5, 5.41) is 15.2. The van der Waals surface area contributed by atoms with Crippen molar-refractivity contribution in [2.75, 3.05) is 26.0 Å². The van der Waals surface area contributed by atoms with Crippen molar-refractivity contribution in [2.24, 2.45) is 0 Å². The molecule has 0 bridgehead atoms. The van der Waals surface area contributed by atoms with Gasteiger partial charge in [0, 0.05) is 6.54 Å². The van der Waals surface area contributed by atoms with Crippen LogP contribution in [0, 0.1) is 6.92 Å². The summed E-state index contributed by atoms with van der Waals surface area (Å²) in [6.07, 6.45) is 1.68. The summed E-state index contributed by atoms with van der Waals surface area (Å²) in [4.78, 5) is 2.09. The third-order valence-electron chi connectivity index (χ3n) is 3.70. The smallest absolute Gasteiger partial charge is 0.247 e. The average Bonchev–Trinajstić information content (AvgIpc) is 3.20. The number of hydrogen-bond acceptors (Lipinski definition) is 6. The lowest BCUT2D eigenvalue weighted by Crippen LogP contribution is -2.27. The van der Waals surface area contributed by atoms with Gasteiger partial charge in [0.05, 0.1) is 18.0 Å². The number of hydrogen-bond donors (Lipinski definition) is 1. The normalized spacial score (nSPS) is 12.5. The van der Waals surface area contributed by atoms with Crippen LogP contribution in [0.4, 0.5) is 5.95 Å². The number of likely N-dealkylation sites (N-methyl/N-ethyl adjacent to an activating group) is 1. The number of anilines is 1. The summed E-state index contributed by atoms with van der Waals surface area (Å²) in [6.45, 7) is 2.68. The van der Waals surface area contributed by atoms with Crippen LogP contribution in [0.2, 0.25) is 0 Å². The molecule has 0 aliphatic rings. The van der Waals surface area contributed by atoms with Gasteiger partial charge in [-0.1, -0.05) is 22.8 Å². The van der Waals surface area contributed by atoms with Crippen LogP contribution in [0.1, 0.15) is 17.4 Å². The molecule has 3 aromatic rings. The van der Waals surface area contributed by atoms with Crippen LogP contribution in [-0.2, 0) is 0 Å². The van der Waals surface area contributed by atoms with Crippen molar-refractivity contribution in [1.29, 1.82) is 0 Å². The molecule has 1 N–H and O–H groups in total. The fourth-order valence-electron chi connectivity index (χ4n) is 2.36. The first-order valence-corrected chi connectivity index (χ1v) is 7.44. The molecule has 0 spiro atoms. The molecule has 1 atom stereocenters. The molecule has 0 saturated carbocycles. The Morgan fingerprint density at radius 2 is 2.00 bits per heavy atom. The molecule has 23 heavy (non-hydrogen) atoms. The Balaban J connectivity index is 1.76. The Labute approximate surface area is 134 Å². The van der Waals surface area contributed by atoms with Gasteiger partial charge in [-0.25, -0.2) is 0 Å². The summed E-state index contributed by atoms with van der Waals surface area (Å²) in [5.74, 6) is 1.50. The number of aryl methyl sites for hydroxylation is 1. The maximum Gasteiger partial charge on any atom is 0.247 e. The van der Waals surface area contributed by atoms with Gasteiger partial charge in [-0.3, -0.25) is 4.90 Å². The standard InChI is InChI=1S/C16H20N6O/c1-12-6-8-13(9-7-12)22-16(18-19-20-22)17-11-14(21(2)3)15-5-4-10-23-15/h4-10,14H,11H2,1-3H3,(H,17,18,20)/t14-/m1/s1. The van der Waals surface area contributed by atoms with Crippen LogP contribution in [0.25, 0.3) is 5.69 Å². The monoisotopic (exact) mass is 312 g/mol. The summed E-state index contributed by atoms with van der Waals surface area (Å²) in [5.41, 5.74) is 2.12. The molecule has 120 valence electrons. The Morgan fingerprint density at radius 3 is 2.65 bits per heavy atom. The van der Waals surface area contributed by atoms with Gasteiger partial charge in [0.25, 0.3) is 0 Å². The minimum Gasteiger partial charge on any atom is -0.468 e. The summed E-state index contributed by atoms with van der Waals surface area (Å²) >= 11 is 0. The maximum atomic E-state index is 5.51. The second-order valence-electron chi connectivity index (χ2n) is 5.63. The number of nitrogens with one attached hydrogen (secondary N) is 1. The van der Waals surface area contributed by atoms with E-state index < -0.39 is 0 Å². The Morgan fingerprint density at radius 1 is 1.22 bits per heavy atom. The lowest BCUT2D eigenvalue weighted by Gasteiger charge is -2.22. The predicted molar refractivity (Wildman–Crippen MR) is 87.5 cm³/mol. The number of furan rings is 1. The number of tetrazole rings is 1. The molecule has 0 aliphatic heterocycles. The highest BCUT2D eigenvalue weighted by atomic mass is 16.3. The topological polar surface area (TPSA) is 72.0 Å². The van der Waals surface area contributed by atoms with E-state index >= 15 is 0 Å². The predicted octanol–water partition coefficient (Wildman–Crippen LogP) is 2.28. The number of nitrogens with zero attached hydrogens (tertiary/aromatic N) is 5. The molecule has 0 amide bonds. The minimum atomic E-state index is 0.0909. The Bertz CT molecular complexity index is 732. The Kier molecular flexibility index (Phi) is 4.38. The maximum absolute atomic E-state index is 5.51. The lowest BCUT2D eigenvalue weighted by molar-refractivity contribution is 0.269. The third-order valence-corrected chi connectivity index (χ3v) is 3.70. The van der Waals surface area contributed by atoms with E-state index in [9.17, 15) is 0 Å².